The Morgan fingerprint density at radius 2 is 1.94 bits per heavy atom. The van der Waals surface area contributed by atoms with Gasteiger partial charge >= 0.3 is 0 Å². The average Bonchev–Trinajstić information content (AvgIpc) is 2.64. The fourth-order valence-electron chi connectivity index (χ4n) is 1.45. The van der Waals surface area contributed by atoms with E-state index in [2.05, 4.69) is 0 Å². The maximum atomic E-state index is 13.6. The topological polar surface area (TPSA) is 26.0 Å². The molecule has 2 aromatic rings. The lowest BCUT2D eigenvalue weighted by atomic mass is 10.1. The summed E-state index contributed by atoms with van der Waals surface area (Å²) in [6.45, 7) is 0. The number of halogens is 3. The third-order valence-electron chi connectivity index (χ3n) is 2.21. The van der Waals surface area contributed by atoms with Crippen molar-refractivity contribution in [2.24, 2.45) is 5.73 Å². The Labute approximate surface area is 107 Å². The largest absolute Gasteiger partial charge is 0.319 e. The summed E-state index contributed by atoms with van der Waals surface area (Å²) in [5, 5.41) is 0.331. The minimum absolute atomic E-state index is 0.308. The smallest absolute Gasteiger partial charge is 0.129 e. The third-order valence-corrected chi connectivity index (χ3v) is 3.86. The van der Waals surface area contributed by atoms with Gasteiger partial charge in [-0.2, -0.15) is 0 Å². The molecule has 0 aliphatic heterocycles. The molecule has 0 amide bonds. The molecule has 2 rings (SSSR count). The van der Waals surface area contributed by atoms with Gasteiger partial charge in [0.1, 0.15) is 5.82 Å². The highest BCUT2D eigenvalue weighted by atomic mass is 35.5. The zero-order valence-corrected chi connectivity index (χ0v) is 10.4. The zero-order valence-electron chi connectivity index (χ0n) is 8.08. The van der Waals surface area contributed by atoms with Crippen LogP contribution in [0.4, 0.5) is 4.39 Å². The van der Waals surface area contributed by atoms with Crippen molar-refractivity contribution in [3.05, 3.63) is 55.9 Å². The van der Waals surface area contributed by atoms with Gasteiger partial charge in [0.05, 0.1) is 10.4 Å². The van der Waals surface area contributed by atoms with Gasteiger partial charge in [-0.1, -0.05) is 29.3 Å². The molecule has 0 fully saturated rings. The highest BCUT2D eigenvalue weighted by molar-refractivity contribution is 7.16. The lowest BCUT2D eigenvalue weighted by Gasteiger charge is -2.12. The monoisotopic (exact) mass is 275 g/mol. The quantitative estimate of drug-likeness (QED) is 0.872. The minimum Gasteiger partial charge on any atom is -0.319 e. The van der Waals surface area contributed by atoms with Gasteiger partial charge in [0.25, 0.3) is 0 Å². The van der Waals surface area contributed by atoms with Crippen molar-refractivity contribution in [3.63, 3.8) is 0 Å². The number of hydrogen-bond donors (Lipinski definition) is 1. The van der Waals surface area contributed by atoms with E-state index < -0.39 is 11.9 Å². The van der Waals surface area contributed by atoms with E-state index in [4.69, 9.17) is 28.9 Å². The third kappa shape index (κ3) is 2.23. The predicted octanol–water partition coefficient (Wildman–Crippen LogP) is 4.24. The molecule has 84 valence electrons. The van der Waals surface area contributed by atoms with E-state index in [1.807, 2.05) is 0 Å². The van der Waals surface area contributed by atoms with Gasteiger partial charge in [-0.3, -0.25) is 0 Å². The van der Waals surface area contributed by atoms with Crippen LogP contribution in [-0.2, 0) is 0 Å². The Kier molecular flexibility index (Phi) is 3.50. The molecule has 0 aliphatic carbocycles. The second kappa shape index (κ2) is 4.72. The molecule has 2 N–H and O–H groups in total. The van der Waals surface area contributed by atoms with E-state index in [0.717, 1.165) is 4.88 Å². The SMILES string of the molecule is NC(c1ccc(Cl)s1)c1c(F)cccc1Cl. The number of thiophene rings is 1. The fraction of sp³-hybridized carbons (Fsp3) is 0.0909. The van der Waals surface area contributed by atoms with Crippen LogP contribution in [0.3, 0.4) is 0 Å². The van der Waals surface area contributed by atoms with Gasteiger partial charge in [0.2, 0.25) is 0 Å². The van der Waals surface area contributed by atoms with Gasteiger partial charge in [0.15, 0.2) is 0 Å². The molecule has 1 aromatic carbocycles. The summed E-state index contributed by atoms with van der Waals surface area (Å²) < 4.78 is 14.2. The Bertz CT molecular complexity index is 492. The van der Waals surface area contributed by atoms with Crippen LogP contribution in [0, 0.1) is 5.82 Å². The highest BCUT2D eigenvalue weighted by Crippen LogP contribution is 2.33. The van der Waals surface area contributed by atoms with Crippen LogP contribution in [0.15, 0.2) is 30.3 Å². The lowest BCUT2D eigenvalue weighted by Crippen LogP contribution is -2.12. The molecule has 5 heteroatoms. The molecule has 1 aromatic heterocycles. The van der Waals surface area contributed by atoms with Crippen LogP contribution in [0.1, 0.15) is 16.5 Å². The van der Waals surface area contributed by atoms with E-state index >= 15 is 0 Å². The first kappa shape index (κ1) is 11.9. The van der Waals surface area contributed by atoms with Crippen molar-refractivity contribution in [3.8, 4) is 0 Å². The maximum Gasteiger partial charge on any atom is 0.129 e. The first-order chi connectivity index (χ1) is 7.59. The summed E-state index contributed by atoms with van der Waals surface area (Å²) in [5.74, 6) is -0.399. The summed E-state index contributed by atoms with van der Waals surface area (Å²) in [6, 6.07) is 7.45. The molecular weight excluding hydrogens is 268 g/mol. The molecule has 0 saturated carbocycles. The van der Waals surface area contributed by atoms with Gasteiger partial charge in [-0.15, -0.1) is 11.3 Å². The Balaban J connectivity index is 2.45. The van der Waals surface area contributed by atoms with Crippen LogP contribution in [0.2, 0.25) is 9.36 Å². The molecule has 0 bridgehead atoms. The summed E-state index contributed by atoms with van der Waals surface area (Å²) in [4.78, 5) is 0.789. The lowest BCUT2D eigenvalue weighted by molar-refractivity contribution is 0.601. The molecule has 16 heavy (non-hydrogen) atoms. The fourth-order valence-corrected chi connectivity index (χ4v) is 2.80. The van der Waals surface area contributed by atoms with Crippen LogP contribution >= 0.6 is 34.5 Å². The van der Waals surface area contributed by atoms with Gasteiger partial charge in [-0.05, 0) is 24.3 Å². The summed E-state index contributed by atoms with van der Waals surface area (Å²) in [6.07, 6.45) is 0. The van der Waals surface area contributed by atoms with Crippen LogP contribution < -0.4 is 5.73 Å². The summed E-state index contributed by atoms with van der Waals surface area (Å²) in [7, 11) is 0. The van der Waals surface area contributed by atoms with E-state index in [9.17, 15) is 4.39 Å². The Morgan fingerprint density at radius 3 is 2.50 bits per heavy atom. The molecule has 1 unspecified atom stereocenters. The highest BCUT2D eigenvalue weighted by Gasteiger charge is 2.18. The zero-order chi connectivity index (χ0) is 11.7. The van der Waals surface area contributed by atoms with Crippen molar-refractivity contribution in [2.75, 3.05) is 0 Å². The van der Waals surface area contributed by atoms with Crippen LogP contribution in [0.25, 0.3) is 0 Å². The summed E-state index contributed by atoms with van der Waals surface area (Å²) in [5.41, 5.74) is 6.27. The molecule has 0 aliphatic rings. The molecular formula is C11H8Cl2FNS. The molecule has 0 radical (unpaired) electrons. The van der Waals surface area contributed by atoms with Crippen molar-refractivity contribution < 1.29 is 4.39 Å². The van der Waals surface area contributed by atoms with E-state index in [1.54, 1.807) is 24.3 Å². The standard InChI is InChI=1S/C11H8Cl2FNS/c12-6-2-1-3-7(14)10(6)11(15)8-4-5-9(13)16-8/h1-5,11H,15H2. The predicted molar refractivity (Wildman–Crippen MR) is 66.8 cm³/mol. The Morgan fingerprint density at radius 1 is 1.19 bits per heavy atom. The molecule has 0 spiro atoms. The molecule has 1 heterocycles. The first-order valence-corrected chi connectivity index (χ1v) is 6.11. The second-order valence-corrected chi connectivity index (χ2v) is 5.41. The van der Waals surface area contributed by atoms with E-state index in [1.165, 1.54) is 17.4 Å². The van der Waals surface area contributed by atoms with Gasteiger partial charge in [0, 0.05) is 15.5 Å². The molecule has 1 nitrogen and oxygen atoms in total. The van der Waals surface area contributed by atoms with Crippen LogP contribution in [0.5, 0.6) is 0 Å². The normalized spacial score (nSPS) is 12.8. The van der Waals surface area contributed by atoms with Gasteiger partial charge < -0.3 is 5.73 Å². The first-order valence-electron chi connectivity index (χ1n) is 4.54. The summed E-state index contributed by atoms with van der Waals surface area (Å²) >= 11 is 13.1. The van der Waals surface area contributed by atoms with E-state index in [0.29, 0.717) is 14.9 Å². The van der Waals surface area contributed by atoms with E-state index in [-0.39, 0.29) is 0 Å². The van der Waals surface area contributed by atoms with Gasteiger partial charge in [-0.25, -0.2) is 4.39 Å². The number of benzene rings is 1. The average molecular weight is 276 g/mol. The van der Waals surface area contributed by atoms with Crippen LogP contribution in [-0.4, -0.2) is 0 Å². The maximum absolute atomic E-state index is 13.6. The minimum atomic E-state index is -0.578. The number of hydrogen-bond acceptors (Lipinski definition) is 2. The molecule has 1 atom stereocenters. The number of rotatable bonds is 2. The molecule has 0 saturated heterocycles. The Hall–Kier alpha value is -0.610. The van der Waals surface area contributed by atoms with Crippen molar-refractivity contribution >= 4 is 34.5 Å². The van der Waals surface area contributed by atoms with Crippen molar-refractivity contribution in [1.82, 2.24) is 0 Å². The number of nitrogens with two attached hydrogens (primary N) is 1. The van der Waals surface area contributed by atoms with Crippen molar-refractivity contribution in [2.45, 2.75) is 6.04 Å². The van der Waals surface area contributed by atoms with Crippen molar-refractivity contribution in [1.29, 1.82) is 0 Å². The second-order valence-electron chi connectivity index (χ2n) is 3.25.